The Balaban J connectivity index is 1.74. The summed E-state index contributed by atoms with van der Waals surface area (Å²) in [5, 5.41) is 11.2. The highest BCUT2D eigenvalue weighted by molar-refractivity contribution is 8.00. The quantitative estimate of drug-likeness (QED) is 0.544. The van der Waals surface area contributed by atoms with Gasteiger partial charge in [-0.25, -0.2) is 17.6 Å². The molecule has 9 heteroatoms. The third-order valence-electron chi connectivity index (χ3n) is 4.46. The lowest BCUT2D eigenvalue weighted by atomic mass is 10.1. The Hall–Kier alpha value is -2.55. The van der Waals surface area contributed by atoms with E-state index in [2.05, 4.69) is 5.32 Å². The van der Waals surface area contributed by atoms with Gasteiger partial charge in [-0.3, -0.25) is 9.59 Å². The summed E-state index contributed by atoms with van der Waals surface area (Å²) in [5.41, 5.74) is -0.234. The van der Waals surface area contributed by atoms with E-state index in [0.29, 0.717) is 31.4 Å². The molecule has 4 nitrogen and oxygen atoms in total. The average molecular weight is 413 g/mol. The molecule has 0 bridgehead atoms. The van der Waals surface area contributed by atoms with Gasteiger partial charge >= 0.3 is 5.97 Å². The van der Waals surface area contributed by atoms with E-state index in [1.807, 2.05) is 0 Å². The van der Waals surface area contributed by atoms with E-state index in [1.165, 1.54) is 12.1 Å². The first-order valence-corrected chi connectivity index (χ1v) is 9.27. The second-order valence-corrected chi connectivity index (χ2v) is 7.78. The molecule has 0 spiro atoms. The molecule has 28 heavy (non-hydrogen) atoms. The monoisotopic (exact) mass is 413 g/mol. The van der Waals surface area contributed by atoms with Crippen LogP contribution in [0.25, 0.3) is 0 Å². The van der Waals surface area contributed by atoms with E-state index in [0.717, 1.165) is 17.8 Å². The molecule has 1 aliphatic rings. The summed E-state index contributed by atoms with van der Waals surface area (Å²) < 4.78 is 53.6. The second-order valence-electron chi connectivity index (χ2n) is 6.44. The second kappa shape index (κ2) is 8.22. The van der Waals surface area contributed by atoms with Crippen LogP contribution in [0.1, 0.15) is 29.6 Å². The molecule has 2 aromatic carbocycles. The number of carbonyl (C=O) groups excluding carboxylic acids is 1. The molecule has 1 amide bonds. The SMILES string of the molecule is O=C(Nc1cc(F)c(F)c(F)c1)c1ccc(F)c(SC2CCC(C(=O)O)C2)c1. The lowest BCUT2D eigenvalue weighted by Gasteiger charge is -2.12. The van der Waals surface area contributed by atoms with Crippen molar-refractivity contribution in [3.63, 3.8) is 0 Å². The molecule has 0 saturated heterocycles. The minimum absolute atomic E-state index is 0.0434. The Morgan fingerprint density at radius 3 is 2.29 bits per heavy atom. The molecular weight excluding hydrogens is 398 g/mol. The fraction of sp³-hybridized carbons (Fsp3) is 0.263. The molecule has 0 aliphatic heterocycles. The van der Waals surface area contributed by atoms with Crippen LogP contribution in [0.2, 0.25) is 0 Å². The van der Waals surface area contributed by atoms with Crippen molar-refractivity contribution < 1.29 is 32.3 Å². The Labute approximate surface area is 161 Å². The van der Waals surface area contributed by atoms with Gasteiger partial charge in [-0.05, 0) is 37.5 Å². The smallest absolute Gasteiger partial charge is 0.306 e. The third kappa shape index (κ3) is 4.46. The van der Waals surface area contributed by atoms with Gasteiger partial charge in [0.15, 0.2) is 17.5 Å². The molecule has 1 fully saturated rings. The summed E-state index contributed by atoms with van der Waals surface area (Å²) in [6.07, 6.45) is 1.53. The van der Waals surface area contributed by atoms with Crippen LogP contribution in [0.4, 0.5) is 23.2 Å². The number of amides is 1. The summed E-state index contributed by atoms with van der Waals surface area (Å²) in [6, 6.07) is 4.87. The van der Waals surface area contributed by atoms with Gasteiger partial charge in [0.05, 0.1) is 5.92 Å². The molecule has 0 aromatic heterocycles. The molecule has 2 atom stereocenters. The lowest BCUT2D eigenvalue weighted by Crippen LogP contribution is -2.13. The maximum absolute atomic E-state index is 14.1. The van der Waals surface area contributed by atoms with Crippen LogP contribution < -0.4 is 5.32 Å². The molecule has 1 saturated carbocycles. The van der Waals surface area contributed by atoms with Crippen molar-refractivity contribution in [1.82, 2.24) is 0 Å². The summed E-state index contributed by atoms with van der Waals surface area (Å²) in [5.74, 6) is -7.18. The zero-order valence-electron chi connectivity index (χ0n) is 14.3. The Bertz CT molecular complexity index is 914. The Kier molecular flexibility index (Phi) is 5.93. The third-order valence-corrected chi connectivity index (χ3v) is 5.79. The van der Waals surface area contributed by atoms with Crippen molar-refractivity contribution in [2.45, 2.75) is 29.4 Å². The number of carboxylic acid groups (broad SMARTS) is 1. The van der Waals surface area contributed by atoms with Gasteiger partial charge in [-0.2, -0.15) is 0 Å². The minimum Gasteiger partial charge on any atom is -0.481 e. The maximum Gasteiger partial charge on any atom is 0.306 e. The number of rotatable bonds is 5. The van der Waals surface area contributed by atoms with Crippen molar-refractivity contribution in [1.29, 1.82) is 0 Å². The molecule has 0 radical (unpaired) electrons. The van der Waals surface area contributed by atoms with Gasteiger partial charge < -0.3 is 10.4 Å². The van der Waals surface area contributed by atoms with Crippen molar-refractivity contribution in [2.24, 2.45) is 5.92 Å². The molecule has 0 heterocycles. The predicted molar refractivity (Wildman–Crippen MR) is 95.3 cm³/mol. The summed E-state index contributed by atoms with van der Waals surface area (Å²) in [6.45, 7) is 0. The molecule has 2 unspecified atom stereocenters. The number of carboxylic acids is 1. The van der Waals surface area contributed by atoms with Crippen LogP contribution in [0.15, 0.2) is 35.2 Å². The predicted octanol–water partition coefficient (Wildman–Crippen LogP) is 4.84. The molecule has 1 aliphatic carbocycles. The fourth-order valence-corrected chi connectivity index (χ4v) is 4.33. The van der Waals surface area contributed by atoms with Crippen LogP contribution >= 0.6 is 11.8 Å². The standard InChI is InChI=1S/C19H15F4NO3S/c20-13-4-2-9(6-16(13)28-12-3-1-10(5-12)19(26)27)18(25)24-11-7-14(21)17(23)15(22)8-11/h2,4,6-8,10,12H,1,3,5H2,(H,24,25)(H,26,27). The van der Waals surface area contributed by atoms with Crippen LogP contribution in [-0.2, 0) is 4.79 Å². The highest BCUT2D eigenvalue weighted by Crippen LogP contribution is 2.39. The summed E-state index contributed by atoms with van der Waals surface area (Å²) in [4.78, 5) is 23.5. The number of thioether (sulfide) groups is 1. The Morgan fingerprint density at radius 1 is 1.00 bits per heavy atom. The number of hydrogen-bond donors (Lipinski definition) is 2. The average Bonchev–Trinajstić information content (AvgIpc) is 3.10. The van der Waals surface area contributed by atoms with Crippen LogP contribution in [0.5, 0.6) is 0 Å². The van der Waals surface area contributed by atoms with E-state index in [1.54, 1.807) is 0 Å². The first-order chi connectivity index (χ1) is 13.2. The topological polar surface area (TPSA) is 66.4 Å². The van der Waals surface area contributed by atoms with Crippen molar-refractivity contribution in [2.75, 3.05) is 5.32 Å². The molecule has 2 N–H and O–H groups in total. The van der Waals surface area contributed by atoms with E-state index in [9.17, 15) is 27.2 Å². The molecule has 2 aromatic rings. The van der Waals surface area contributed by atoms with Crippen molar-refractivity contribution in [3.8, 4) is 0 Å². The van der Waals surface area contributed by atoms with Gasteiger partial charge in [0.1, 0.15) is 5.82 Å². The maximum atomic E-state index is 14.1. The fourth-order valence-electron chi connectivity index (χ4n) is 3.02. The van der Waals surface area contributed by atoms with Crippen LogP contribution in [0.3, 0.4) is 0 Å². The van der Waals surface area contributed by atoms with E-state index < -0.39 is 41.1 Å². The number of benzene rings is 2. The molecule has 3 rings (SSSR count). The molecule has 148 valence electrons. The number of halogens is 4. The van der Waals surface area contributed by atoms with E-state index >= 15 is 0 Å². The van der Waals surface area contributed by atoms with Crippen molar-refractivity contribution >= 4 is 29.3 Å². The highest BCUT2D eigenvalue weighted by Gasteiger charge is 2.30. The van der Waals surface area contributed by atoms with Gasteiger partial charge in [0, 0.05) is 33.5 Å². The number of nitrogens with one attached hydrogen (secondary N) is 1. The number of aliphatic carboxylic acids is 1. The molecular formula is C19H15F4NO3S. The van der Waals surface area contributed by atoms with Gasteiger partial charge in [-0.15, -0.1) is 11.8 Å². The lowest BCUT2D eigenvalue weighted by molar-refractivity contribution is -0.141. The Morgan fingerprint density at radius 2 is 1.68 bits per heavy atom. The zero-order chi connectivity index (χ0) is 20.4. The first-order valence-electron chi connectivity index (χ1n) is 8.39. The van der Waals surface area contributed by atoms with Crippen molar-refractivity contribution in [3.05, 3.63) is 59.2 Å². The van der Waals surface area contributed by atoms with Gasteiger partial charge in [0.25, 0.3) is 5.91 Å². The normalized spacial score (nSPS) is 18.9. The minimum atomic E-state index is -1.64. The zero-order valence-corrected chi connectivity index (χ0v) is 15.2. The number of anilines is 1. The van der Waals surface area contributed by atoms with E-state index in [-0.39, 0.29) is 21.4 Å². The van der Waals surface area contributed by atoms with E-state index in [4.69, 9.17) is 5.11 Å². The number of carbonyl (C=O) groups is 2. The van der Waals surface area contributed by atoms with Gasteiger partial charge in [-0.1, -0.05) is 0 Å². The largest absolute Gasteiger partial charge is 0.481 e. The van der Waals surface area contributed by atoms with Crippen LogP contribution in [-0.4, -0.2) is 22.2 Å². The summed E-state index contributed by atoms with van der Waals surface area (Å²) in [7, 11) is 0. The van der Waals surface area contributed by atoms with Crippen LogP contribution in [0, 0.1) is 29.2 Å². The summed E-state index contributed by atoms with van der Waals surface area (Å²) >= 11 is 1.16. The first kappa shape index (κ1) is 20.2. The highest BCUT2D eigenvalue weighted by atomic mass is 32.2. The number of hydrogen-bond acceptors (Lipinski definition) is 3. The van der Waals surface area contributed by atoms with Gasteiger partial charge in [0.2, 0.25) is 0 Å².